The number of hydrogen-bond donors (Lipinski definition) is 4. The molecule has 12 atom stereocenters. The average molecular weight is 704 g/mol. The smallest absolute Gasteiger partial charge is 0.373 e. The zero-order valence-corrected chi connectivity index (χ0v) is 32.3. The summed E-state index contributed by atoms with van der Waals surface area (Å²) in [7, 11) is 4.30. The molecule has 0 aromatic carbocycles. The Bertz CT molecular complexity index is 1250. The quantitative estimate of drug-likeness (QED) is 0.0822. The summed E-state index contributed by atoms with van der Waals surface area (Å²) < 4.78 is 17.4. The van der Waals surface area contributed by atoms with E-state index in [0.29, 0.717) is 24.1 Å². The molecule has 1 rings (SSSR count). The van der Waals surface area contributed by atoms with Crippen molar-refractivity contribution in [3.05, 3.63) is 71.6 Å². The number of aliphatic hydroxyl groups excluding tert-OH is 4. The van der Waals surface area contributed by atoms with Gasteiger partial charge in [0, 0.05) is 36.7 Å². The van der Waals surface area contributed by atoms with E-state index < -0.39 is 54.4 Å². The third-order valence-corrected chi connectivity index (χ3v) is 9.67. The van der Waals surface area contributed by atoms with Crippen molar-refractivity contribution in [2.75, 3.05) is 21.3 Å². The van der Waals surface area contributed by atoms with Crippen molar-refractivity contribution in [3.8, 4) is 0 Å². The molecular weight excluding hydrogens is 638 g/mol. The summed E-state index contributed by atoms with van der Waals surface area (Å²) in [5.41, 5.74) is 2.12. The highest BCUT2D eigenvalue weighted by atomic mass is 16.6. The standard InChI is InChI=1S/C40H65NO9/c1-13-16-33(42)26(5)19-20-32(41-49-12)29(8)38(45)30(9)39-34(47-10)18-15-17-24(3)21-27(6)36(43)31(14-2)37(44)28(7)22-25(4)23-35(48-11)40(46)50-39/h13,15-20,22-23,26-31,33-34,36-39,42-45H,14,21H2,1-12H3/b16-13+,18-15-,20-19+,24-17-,25-22-,35-23+,41-32+. The third-order valence-electron chi connectivity index (χ3n) is 9.67. The highest BCUT2D eigenvalue weighted by molar-refractivity contribution is 5.96. The van der Waals surface area contributed by atoms with Crippen LogP contribution in [-0.4, -0.2) is 90.1 Å². The summed E-state index contributed by atoms with van der Waals surface area (Å²) >= 11 is 0. The predicted molar refractivity (Wildman–Crippen MR) is 199 cm³/mol. The van der Waals surface area contributed by atoms with E-state index in [-0.39, 0.29) is 29.4 Å². The lowest BCUT2D eigenvalue weighted by Gasteiger charge is -2.34. The van der Waals surface area contributed by atoms with Gasteiger partial charge in [-0.25, -0.2) is 4.79 Å². The van der Waals surface area contributed by atoms with Crippen LogP contribution in [0.4, 0.5) is 0 Å². The van der Waals surface area contributed by atoms with Gasteiger partial charge in [0.05, 0.1) is 37.2 Å². The van der Waals surface area contributed by atoms with Gasteiger partial charge in [0.2, 0.25) is 5.76 Å². The van der Waals surface area contributed by atoms with Crippen LogP contribution in [0.2, 0.25) is 0 Å². The van der Waals surface area contributed by atoms with Crippen molar-refractivity contribution in [2.45, 2.75) is 112 Å². The molecule has 12 unspecified atom stereocenters. The van der Waals surface area contributed by atoms with Crippen LogP contribution in [-0.2, 0) is 23.8 Å². The Kier molecular flexibility index (Phi) is 20.5. The van der Waals surface area contributed by atoms with E-state index in [2.05, 4.69) is 5.16 Å². The van der Waals surface area contributed by atoms with Crippen LogP contribution in [0.15, 0.2) is 76.7 Å². The molecule has 50 heavy (non-hydrogen) atoms. The van der Waals surface area contributed by atoms with E-state index in [1.807, 2.05) is 59.8 Å². The van der Waals surface area contributed by atoms with Gasteiger partial charge in [-0.1, -0.05) is 100 Å². The van der Waals surface area contributed by atoms with Gasteiger partial charge in [0.1, 0.15) is 19.3 Å². The van der Waals surface area contributed by atoms with Gasteiger partial charge in [0.25, 0.3) is 0 Å². The van der Waals surface area contributed by atoms with Gasteiger partial charge in [0.15, 0.2) is 0 Å². The molecule has 0 aromatic rings. The maximum absolute atomic E-state index is 13.7. The Balaban J connectivity index is 3.68. The zero-order chi connectivity index (χ0) is 38.1. The van der Waals surface area contributed by atoms with E-state index in [4.69, 9.17) is 19.0 Å². The normalized spacial score (nSPS) is 33.7. The molecule has 0 amide bonds. The van der Waals surface area contributed by atoms with Crippen molar-refractivity contribution in [3.63, 3.8) is 0 Å². The molecule has 0 saturated heterocycles. The number of rotatable bonds is 12. The van der Waals surface area contributed by atoms with E-state index in [9.17, 15) is 25.2 Å². The molecule has 0 aliphatic carbocycles. The van der Waals surface area contributed by atoms with Gasteiger partial charge in [-0.2, -0.15) is 0 Å². The molecule has 10 nitrogen and oxygen atoms in total. The SMILES string of the molecule is C/C=C/C(O)C(C)/C=C/C(=N\OC)C(C)C(O)C(C)C1OC(=O)/C(OC)=C\C(C)=C/C(C)C(O)C(CC)C(O)C(C)C/C(C)=C\C=C/C1OC. The first-order valence-corrected chi connectivity index (χ1v) is 17.7. The van der Waals surface area contributed by atoms with Crippen molar-refractivity contribution >= 4 is 11.7 Å². The number of allylic oxidation sites excluding steroid dienone is 7. The van der Waals surface area contributed by atoms with Crippen LogP contribution in [0.25, 0.3) is 0 Å². The number of carbonyl (C=O) groups excluding carboxylic acids is 1. The summed E-state index contributed by atoms with van der Waals surface area (Å²) in [6.45, 7) is 16.9. The molecular formula is C40H65NO9. The van der Waals surface area contributed by atoms with Crippen LogP contribution in [0.3, 0.4) is 0 Å². The van der Waals surface area contributed by atoms with Crippen LogP contribution in [0.5, 0.6) is 0 Å². The molecule has 10 heteroatoms. The van der Waals surface area contributed by atoms with E-state index in [1.165, 1.54) is 21.3 Å². The Morgan fingerprint density at radius 2 is 1.74 bits per heavy atom. The second-order valence-electron chi connectivity index (χ2n) is 13.8. The second-order valence-corrected chi connectivity index (χ2v) is 13.8. The summed E-state index contributed by atoms with van der Waals surface area (Å²) in [4.78, 5) is 18.8. The minimum Gasteiger partial charge on any atom is -0.490 e. The fourth-order valence-corrected chi connectivity index (χ4v) is 6.40. The number of esters is 1. The number of aliphatic hydroxyl groups is 4. The van der Waals surface area contributed by atoms with Gasteiger partial charge < -0.3 is 39.5 Å². The number of nitrogens with zero attached hydrogens (tertiary/aromatic N) is 1. The van der Waals surface area contributed by atoms with E-state index >= 15 is 0 Å². The number of ether oxygens (including phenoxy) is 3. The fourth-order valence-electron chi connectivity index (χ4n) is 6.40. The molecule has 0 aromatic heterocycles. The van der Waals surface area contributed by atoms with Crippen molar-refractivity contribution < 1.29 is 44.3 Å². The lowest BCUT2D eigenvalue weighted by atomic mass is 9.79. The summed E-state index contributed by atoms with van der Waals surface area (Å²) in [5, 5.41) is 48.8. The number of oxime groups is 1. The highest BCUT2D eigenvalue weighted by Gasteiger charge is 2.38. The maximum Gasteiger partial charge on any atom is 0.373 e. The molecule has 4 N–H and O–H groups in total. The minimum atomic E-state index is -1.07. The molecule has 1 heterocycles. The summed E-state index contributed by atoms with van der Waals surface area (Å²) in [6.07, 6.45) is 12.1. The number of cyclic esters (lactones) is 1. The molecule has 284 valence electrons. The fraction of sp³-hybridized carbons (Fsp3) is 0.650. The van der Waals surface area contributed by atoms with Gasteiger partial charge >= 0.3 is 5.97 Å². The van der Waals surface area contributed by atoms with Gasteiger partial charge in [-0.15, -0.1) is 0 Å². The molecule has 0 fully saturated rings. The first-order chi connectivity index (χ1) is 23.6. The van der Waals surface area contributed by atoms with E-state index in [0.717, 1.165) is 5.57 Å². The molecule has 0 spiro atoms. The minimum absolute atomic E-state index is 0.0604. The third kappa shape index (κ3) is 13.6. The van der Waals surface area contributed by atoms with Crippen LogP contribution in [0, 0.1) is 35.5 Å². The van der Waals surface area contributed by atoms with Crippen molar-refractivity contribution in [1.29, 1.82) is 0 Å². The van der Waals surface area contributed by atoms with Crippen LogP contribution >= 0.6 is 0 Å². The Morgan fingerprint density at radius 1 is 1.08 bits per heavy atom. The molecule has 0 radical (unpaired) electrons. The van der Waals surface area contributed by atoms with Crippen LogP contribution in [0.1, 0.15) is 75.2 Å². The lowest BCUT2D eigenvalue weighted by Crippen LogP contribution is -2.45. The lowest BCUT2D eigenvalue weighted by molar-refractivity contribution is -0.161. The molecule has 0 saturated carbocycles. The van der Waals surface area contributed by atoms with Crippen molar-refractivity contribution in [1.82, 2.24) is 0 Å². The van der Waals surface area contributed by atoms with Crippen molar-refractivity contribution in [2.24, 2.45) is 40.7 Å². The highest BCUT2D eigenvalue weighted by Crippen LogP contribution is 2.30. The monoisotopic (exact) mass is 703 g/mol. The van der Waals surface area contributed by atoms with Crippen LogP contribution < -0.4 is 0 Å². The molecule has 0 bridgehead atoms. The van der Waals surface area contributed by atoms with Gasteiger partial charge in [-0.05, 0) is 51.7 Å². The predicted octanol–water partition coefficient (Wildman–Crippen LogP) is 6.08. The molecule has 1 aliphatic rings. The Labute approximate surface area is 300 Å². The first-order valence-electron chi connectivity index (χ1n) is 17.7. The zero-order valence-electron chi connectivity index (χ0n) is 32.3. The number of carbonyl (C=O) groups is 1. The summed E-state index contributed by atoms with van der Waals surface area (Å²) in [6, 6.07) is 0. The largest absolute Gasteiger partial charge is 0.490 e. The first kappa shape index (κ1) is 45.0. The number of methoxy groups -OCH3 is 2. The van der Waals surface area contributed by atoms with E-state index in [1.54, 1.807) is 57.2 Å². The Morgan fingerprint density at radius 3 is 2.30 bits per heavy atom. The Hall–Kier alpha value is -3.02. The topological polar surface area (TPSA) is 147 Å². The maximum atomic E-state index is 13.7. The van der Waals surface area contributed by atoms with Gasteiger partial charge in [-0.3, -0.25) is 0 Å². The second kappa shape index (κ2) is 22.7. The molecule has 1 aliphatic heterocycles. The average Bonchev–Trinajstić information content (AvgIpc) is 3.08. The number of hydrogen-bond acceptors (Lipinski definition) is 10. The summed E-state index contributed by atoms with van der Waals surface area (Å²) in [5.74, 6) is -3.04.